The summed E-state index contributed by atoms with van der Waals surface area (Å²) < 4.78 is 1.40. The highest BCUT2D eigenvalue weighted by atomic mass is 127. The van der Waals surface area contributed by atoms with Crippen molar-refractivity contribution < 1.29 is 28.5 Å². The lowest BCUT2D eigenvalue weighted by Gasteiger charge is -2.50. The van der Waals surface area contributed by atoms with Crippen LogP contribution in [0.5, 0.6) is 0 Å². The van der Waals surface area contributed by atoms with Crippen LogP contribution in [-0.4, -0.2) is 30.7 Å². The zero-order chi connectivity index (χ0) is 10.0. The lowest BCUT2D eigenvalue weighted by Crippen LogP contribution is -3.00. The Morgan fingerprint density at radius 3 is 2.47 bits per heavy atom. The molecule has 0 N–H and O–H groups in total. The van der Waals surface area contributed by atoms with E-state index >= 15 is 0 Å². The van der Waals surface area contributed by atoms with Crippen LogP contribution in [0.25, 0.3) is 0 Å². The molecule has 2 heteroatoms. The molecule has 0 aromatic heterocycles. The van der Waals surface area contributed by atoms with Gasteiger partial charge in [-0.25, -0.2) is 0 Å². The Hall–Kier alpha value is 0.690. The number of halogens is 1. The Bertz CT molecular complexity index is 189. The van der Waals surface area contributed by atoms with Gasteiger partial charge in [0.15, 0.2) is 0 Å². The van der Waals surface area contributed by atoms with E-state index in [-0.39, 0.29) is 24.0 Å². The molecule has 1 aliphatic heterocycles. The van der Waals surface area contributed by atoms with E-state index in [0.29, 0.717) is 0 Å². The summed E-state index contributed by atoms with van der Waals surface area (Å²) in [6, 6.07) is 1.03. The Morgan fingerprint density at radius 1 is 1.07 bits per heavy atom. The van der Waals surface area contributed by atoms with Crippen LogP contribution in [0.2, 0.25) is 0 Å². The Balaban J connectivity index is 0.00000112. The Morgan fingerprint density at radius 2 is 1.73 bits per heavy atom. The normalized spacial score (nSPS) is 40.4. The third-order valence-corrected chi connectivity index (χ3v) is 4.65. The van der Waals surface area contributed by atoms with Gasteiger partial charge in [-0.15, -0.1) is 0 Å². The molecule has 1 nitrogen and oxygen atoms in total. The van der Waals surface area contributed by atoms with Gasteiger partial charge >= 0.3 is 0 Å². The highest BCUT2D eigenvalue weighted by Gasteiger charge is 2.42. The van der Waals surface area contributed by atoms with Crippen LogP contribution >= 0.6 is 0 Å². The first-order valence-electron chi connectivity index (χ1n) is 6.60. The molecule has 2 aliphatic rings. The topological polar surface area (TPSA) is 0 Å². The minimum absolute atomic E-state index is 0. The van der Waals surface area contributed by atoms with E-state index in [1.165, 1.54) is 62.5 Å². The van der Waals surface area contributed by atoms with E-state index in [2.05, 4.69) is 14.0 Å². The molecular weight excluding hydrogens is 297 g/mol. The molecule has 2 rings (SSSR count). The molecule has 90 valence electrons. The van der Waals surface area contributed by atoms with E-state index < -0.39 is 0 Å². The van der Waals surface area contributed by atoms with Crippen molar-refractivity contribution in [3.8, 4) is 0 Å². The molecular formula is C13H26IN. The quantitative estimate of drug-likeness (QED) is 0.503. The number of hydrogen-bond donors (Lipinski definition) is 0. The summed E-state index contributed by atoms with van der Waals surface area (Å²) in [7, 11) is 2.52. The van der Waals surface area contributed by atoms with Crippen molar-refractivity contribution in [2.75, 3.05) is 20.1 Å². The molecule has 0 spiro atoms. The van der Waals surface area contributed by atoms with Crippen molar-refractivity contribution >= 4 is 0 Å². The minimum atomic E-state index is 0. The number of likely N-dealkylation sites (tertiary alicyclic amines) is 1. The second-order valence-electron chi connectivity index (χ2n) is 5.68. The molecule has 1 aliphatic carbocycles. The molecule has 15 heavy (non-hydrogen) atoms. The van der Waals surface area contributed by atoms with Gasteiger partial charge in [-0.3, -0.25) is 0 Å². The fourth-order valence-electron chi connectivity index (χ4n) is 4.01. The molecule has 3 unspecified atom stereocenters. The molecule has 0 aromatic carbocycles. The van der Waals surface area contributed by atoms with Crippen LogP contribution in [0.3, 0.4) is 0 Å². The van der Waals surface area contributed by atoms with E-state index in [1.54, 1.807) is 0 Å². The van der Waals surface area contributed by atoms with Crippen molar-refractivity contribution in [2.45, 2.75) is 57.9 Å². The van der Waals surface area contributed by atoms with Crippen LogP contribution < -0.4 is 24.0 Å². The predicted octanol–water partition coefficient (Wildman–Crippen LogP) is 0.200. The number of nitrogens with zero attached hydrogens (tertiary/aromatic N) is 1. The summed E-state index contributed by atoms with van der Waals surface area (Å²) in [5, 5.41) is 0. The summed E-state index contributed by atoms with van der Waals surface area (Å²) in [6.07, 6.45) is 10.4. The average Bonchev–Trinajstić information content (AvgIpc) is 2.19. The standard InChI is InChI=1S/C13H26N.HI/c1-3-10-14(2)11-6-8-12-7-4-5-9-13(12)14;/h12-13H,3-11H2,1-2H3;1H/q+1;/p-1. The van der Waals surface area contributed by atoms with Crippen molar-refractivity contribution in [1.29, 1.82) is 0 Å². The van der Waals surface area contributed by atoms with Crippen LogP contribution in [0, 0.1) is 5.92 Å². The molecule has 1 saturated heterocycles. The van der Waals surface area contributed by atoms with Gasteiger partial charge in [0.2, 0.25) is 0 Å². The molecule has 0 amide bonds. The zero-order valence-corrected chi connectivity index (χ0v) is 12.5. The fraction of sp³-hybridized carbons (Fsp3) is 1.00. The van der Waals surface area contributed by atoms with Gasteiger partial charge in [0, 0.05) is 5.92 Å². The van der Waals surface area contributed by atoms with E-state index in [0.717, 1.165) is 12.0 Å². The molecule has 0 bridgehead atoms. The predicted molar refractivity (Wildman–Crippen MR) is 61.2 cm³/mol. The zero-order valence-electron chi connectivity index (χ0n) is 10.3. The van der Waals surface area contributed by atoms with Crippen molar-refractivity contribution in [3.05, 3.63) is 0 Å². The maximum absolute atomic E-state index is 2.52. The lowest BCUT2D eigenvalue weighted by molar-refractivity contribution is -0.943. The van der Waals surface area contributed by atoms with Crippen molar-refractivity contribution in [1.82, 2.24) is 0 Å². The van der Waals surface area contributed by atoms with E-state index in [1.807, 2.05) is 0 Å². The number of rotatable bonds is 2. The number of quaternary nitrogens is 1. The second-order valence-corrected chi connectivity index (χ2v) is 5.68. The van der Waals surface area contributed by atoms with Gasteiger partial charge < -0.3 is 28.5 Å². The first-order chi connectivity index (χ1) is 6.76. The summed E-state index contributed by atoms with van der Waals surface area (Å²) in [5.74, 6) is 1.08. The van der Waals surface area contributed by atoms with Crippen molar-refractivity contribution in [3.63, 3.8) is 0 Å². The van der Waals surface area contributed by atoms with Gasteiger partial charge in [-0.05, 0) is 38.5 Å². The summed E-state index contributed by atoms with van der Waals surface area (Å²) in [5.41, 5.74) is 0. The maximum atomic E-state index is 2.52. The monoisotopic (exact) mass is 323 g/mol. The highest BCUT2D eigenvalue weighted by molar-refractivity contribution is 4.79. The van der Waals surface area contributed by atoms with Gasteiger partial charge in [-0.1, -0.05) is 13.3 Å². The largest absolute Gasteiger partial charge is 1.00 e. The van der Waals surface area contributed by atoms with Gasteiger partial charge in [0.05, 0.1) is 26.2 Å². The van der Waals surface area contributed by atoms with Crippen LogP contribution in [0.4, 0.5) is 0 Å². The van der Waals surface area contributed by atoms with E-state index in [9.17, 15) is 0 Å². The first kappa shape index (κ1) is 13.8. The summed E-state index contributed by atoms with van der Waals surface area (Å²) >= 11 is 0. The minimum Gasteiger partial charge on any atom is -1.00 e. The van der Waals surface area contributed by atoms with E-state index in [4.69, 9.17) is 0 Å². The molecule has 3 atom stereocenters. The number of fused-ring (bicyclic) bond motifs is 1. The molecule has 0 radical (unpaired) electrons. The highest BCUT2D eigenvalue weighted by Crippen LogP contribution is 2.38. The second kappa shape index (κ2) is 5.85. The third kappa shape index (κ3) is 2.87. The summed E-state index contributed by atoms with van der Waals surface area (Å²) in [6.45, 7) is 5.21. The molecule has 1 heterocycles. The number of hydrogen-bond acceptors (Lipinski definition) is 0. The Kier molecular flexibility index (Phi) is 5.37. The Labute approximate surface area is 112 Å². The van der Waals surface area contributed by atoms with Crippen LogP contribution in [-0.2, 0) is 0 Å². The third-order valence-electron chi connectivity index (χ3n) is 4.65. The SMILES string of the molecule is CCC[N+]1(C)CCCC2CCCCC21.[I-]. The first-order valence-corrected chi connectivity index (χ1v) is 6.60. The fourth-order valence-corrected chi connectivity index (χ4v) is 4.01. The lowest BCUT2D eigenvalue weighted by atomic mass is 9.77. The molecule has 0 aromatic rings. The van der Waals surface area contributed by atoms with Gasteiger partial charge in [-0.2, -0.15) is 0 Å². The average molecular weight is 323 g/mol. The summed E-state index contributed by atoms with van der Waals surface area (Å²) in [4.78, 5) is 0. The van der Waals surface area contributed by atoms with Crippen LogP contribution in [0.15, 0.2) is 0 Å². The van der Waals surface area contributed by atoms with Crippen LogP contribution in [0.1, 0.15) is 51.9 Å². The maximum Gasteiger partial charge on any atom is 0.0916 e. The van der Waals surface area contributed by atoms with Gasteiger partial charge in [0.25, 0.3) is 0 Å². The van der Waals surface area contributed by atoms with Crippen molar-refractivity contribution in [2.24, 2.45) is 5.92 Å². The molecule has 2 fully saturated rings. The molecule has 1 saturated carbocycles. The number of piperidine rings is 1. The smallest absolute Gasteiger partial charge is 0.0916 e. The van der Waals surface area contributed by atoms with Gasteiger partial charge in [0.1, 0.15) is 0 Å².